The lowest BCUT2D eigenvalue weighted by Crippen LogP contribution is -2.39. The molecular formula is C18H20N2OS. The second-order valence-corrected chi connectivity index (χ2v) is 6.27. The highest BCUT2D eigenvalue weighted by molar-refractivity contribution is 7.99. The molecule has 3 nitrogen and oxygen atoms in total. The fourth-order valence-corrected chi connectivity index (χ4v) is 3.86. The molecular weight excluding hydrogens is 292 g/mol. The van der Waals surface area contributed by atoms with Gasteiger partial charge in [0, 0.05) is 22.9 Å². The molecule has 0 fully saturated rings. The van der Waals surface area contributed by atoms with Crippen LogP contribution in [0.25, 0.3) is 0 Å². The molecule has 0 spiro atoms. The zero-order chi connectivity index (χ0) is 15.5. The molecule has 0 aliphatic carbocycles. The Kier molecular flexibility index (Phi) is 4.39. The molecule has 3 rings (SSSR count). The molecule has 0 aromatic heterocycles. The van der Waals surface area contributed by atoms with E-state index in [1.807, 2.05) is 43.0 Å². The number of hydrogen-bond donors (Lipinski definition) is 0. The zero-order valence-electron chi connectivity index (χ0n) is 13.0. The second kappa shape index (κ2) is 6.44. The van der Waals surface area contributed by atoms with Crippen LogP contribution in [0.15, 0.2) is 58.3 Å². The number of fused-ring (bicyclic) bond motifs is 2. The third-order valence-corrected chi connectivity index (χ3v) is 5.07. The highest BCUT2D eigenvalue weighted by atomic mass is 32.2. The Hall–Kier alpha value is -1.94. The lowest BCUT2D eigenvalue weighted by molar-refractivity contribution is -0.129. The molecule has 0 radical (unpaired) electrons. The molecule has 0 unspecified atom stereocenters. The first-order valence-corrected chi connectivity index (χ1v) is 8.47. The summed E-state index contributed by atoms with van der Waals surface area (Å²) in [6, 6.07) is 16.6. The van der Waals surface area contributed by atoms with Crippen molar-refractivity contribution in [2.75, 3.05) is 24.5 Å². The Balaban J connectivity index is 1.98. The van der Waals surface area contributed by atoms with Crippen molar-refractivity contribution < 1.29 is 4.79 Å². The average molecular weight is 312 g/mol. The van der Waals surface area contributed by atoms with Gasteiger partial charge in [-0.3, -0.25) is 4.79 Å². The summed E-state index contributed by atoms with van der Waals surface area (Å²) in [6.45, 7) is 5.93. The smallest absolute Gasteiger partial charge is 0.242 e. The predicted molar refractivity (Wildman–Crippen MR) is 91.9 cm³/mol. The van der Waals surface area contributed by atoms with E-state index in [4.69, 9.17) is 0 Å². The van der Waals surface area contributed by atoms with Gasteiger partial charge in [0.1, 0.15) is 6.54 Å². The number of nitrogens with zero attached hydrogens (tertiary/aromatic N) is 2. The van der Waals surface area contributed by atoms with E-state index in [1.54, 1.807) is 11.8 Å². The molecule has 0 saturated heterocycles. The molecule has 4 heteroatoms. The second-order valence-electron chi connectivity index (χ2n) is 5.19. The minimum absolute atomic E-state index is 0.168. The van der Waals surface area contributed by atoms with Crippen LogP contribution in [0.1, 0.15) is 13.8 Å². The van der Waals surface area contributed by atoms with E-state index in [0.717, 1.165) is 24.5 Å². The third kappa shape index (κ3) is 2.71. The number of carbonyl (C=O) groups is 1. The van der Waals surface area contributed by atoms with Gasteiger partial charge in [0.2, 0.25) is 5.91 Å². The molecule has 2 aromatic rings. The van der Waals surface area contributed by atoms with E-state index in [-0.39, 0.29) is 5.91 Å². The van der Waals surface area contributed by atoms with E-state index in [1.165, 1.54) is 9.79 Å². The van der Waals surface area contributed by atoms with Gasteiger partial charge in [-0.1, -0.05) is 36.0 Å². The molecule has 0 saturated carbocycles. The Labute approximate surface area is 135 Å². The first-order valence-electron chi connectivity index (χ1n) is 7.65. The number of likely N-dealkylation sites (N-methyl/N-ethyl adjacent to an activating group) is 1. The van der Waals surface area contributed by atoms with Gasteiger partial charge in [-0.25, -0.2) is 0 Å². The van der Waals surface area contributed by atoms with E-state index in [9.17, 15) is 4.79 Å². The molecule has 0 N–H and O–H groups in total. The van der Waals surface area contributed by atoms with Gasteiger partial charge in [0.15, 0.2) is 0 Å². The van der Waals surface area contributed by atoms with Crippen LogP contribution in [0.5, 0.6) is 0 Å². The highest BCUT2D eigenvalue weighted by Gasteiger charge is 2.25. The van der Waals surface area contributed by atoms with E-state index >= 15 is 0 Å². The first-order chi connectivity index (χ1) is 10.7. The normalized spacial score (nSPS) is 12.5. The number of anilines is 2. The summed E-state index contributed by atoms with van der Waals surface area (Å²) in [5, 5.41) is 0. The molecule has 1 aliphatic heterocycles. The maximum absolute atomic E-state index is 12.6. The first kappa shape index (κ1) is 15.0. The minimum Gasteiger partial charge on any atom is -0.342 e. The van der Waals surface area contributed by atoms with Crippen LogP contribution in [0, 0.1) is 0 Å². The summed E-state index contributed by atoms with van der Waals surface area (Å²) >= 11 is 1.77. The largest absolute Gasteiger partial charge is 0.342 e. The summed E-state index contributed by atoms with van der Waals surface area (Å²) in [5.74, 6) is 0.168. The summed E-state index contributed by atoms with van der Waals surface area (Å²) in [6.07, 6.45) is 0. The van der Waals surface area contributed by atoms with Crippen LogP contribution in [0.3, 0.4) is 0 Å². The average Bonchev–Trinajstić information content (AvgIpc) is 2.55. The van der Waals surface area contributed by atoms with Crippen LogP contribution >= 0.6 is 11.8 Å². The topological polar surface area (TPSA) is 23.6 Å². The van der Waals surface area contributed by atoms with Crippen LogP contribution in [-0.2, 0) is 4.79 Å². The van der Waals surface area contributed by atoms with Crippen LogP contribution in [-0.4, -0.2) is 30.4 Å². The van der Waals surface area contributed by atoms with Crippen molar-refractivity contribution in [1.29, 1.82) is 0 Å². The van der Waals surface area contributed by atoms with Crippen LogP contribution < -0.4 is 4.90 Å². The maximum Gasteiger partial charge on any atom is 0.242 e. The van der Waals surface area contributed by atoms with Gasteiger partial charge in [-0.15, -0.1) is 0 Å². The molecule has 114 valence electrons. The van der Waals surface area contributed by atoms with Crippen LogP contribution in [0.4, 0.5) is 11.4 Å². The van der Waals surface area contributed by atoms with Crippen molar-refractivity contribution in [3.63, 3.8) is 0 Å². The van der Waals surface area contributed by atoms with Crippen LogP contribution in [0.2, 0.25) is 0 Å². The van der Waals surface area contributed by atoms with Gasteiger partial charge < -0.3 is 9.80 Å². The molecule has 1 aliphatic rings. The number of rotatable bonds is 4. The van der Waals surface area contributed by atoms with Gasteiger partial charge in [-0.05, 0) is 38.1 Å². The van der Waals surface area contributed by atoms with Gasteiger partial charge in [0.25, 0.3) is 0 Å². The fourth-order valence-electron chi connectivity index (χ4n) is 2.76. The number of hydrogen-bond acceptors (Lipinski definition) is 3. The predicted octanol–water partition coefficient (Wildman–Crippen LogP) is 4.16. The summed E-state index contributed by atoms with van der Waals surface area (Å²) in [7, 11) is 0. The summed E-state index contributed by atoms with van der Waals surface area (Å²) in [4.78, 5) is 19.0. The maximum atomic E-state index is 12.6. The number of benzene rings is 2. The Bertz CT molecular complexity index is 637. The van der Waals surface area contributed by atoms with Crippen molar-refractivity contribution in [2.45, 2.75) is 23.6 Å². The Morgan fingerprint density at radius 2 is 1.45 bits per heavy atom. The van der Waals surface area contributed by atoms with Crippen molar-refractivity contribution in [2.24, 2.45) is 0 Å². The SMILES string of the molecule is CCN(CC)C(=O)CN1c2ccccc2Sc2ccccc21. The lowest BCUT2D eigenvalue weighted by Gasteiger charge is -2.33. The monoisotopic (exact) mass is 312 g/mol. The summed E-state index contributed by atoms with van der Waals surface area (Å²) < 4.78 is 0. The van der Waals surface area contributed by atoms with Gasteiger partial charge in [0.05, 0.1) is 11.4 Å². The number of para-hydroxylation sites is 2. The number of carbonyl (C=O) groups excluding carboxylic acids is 1. The fraction of sp³-hybridized carbons (Fsp3) is 0.278. The molecule has 0 atom stereocenters. The Morgan fingerprint density at radius 3 is 1.95 bits per heavy atom. The Morgan fingerprint density at radius 1 is 0.955 bits per heavy atom. The minimum atomic E-state index is 0.168. The van der Waals surface area contributed by atoms with Crippen molar-refractivity contribution >= 4 is 29.0 Å². The third-order valence-electron chi connectivity index (χ3n) is 3.94. The van der Waals surface area contributed by atoms with E-state index in [2.05, 4.69) is 29.2 Å². The standard InChI is InChI=1S/C18H20N2OS/c1-3-19(4-2)18(21)13-20-14-9-5-7-11-16(14)22-17-12-8-6-10-15(17)20/h5-12H,3-4,13H2,1-2H3. The zero-order valence-corrected chi connectivity index (χ0v) is 13.8. The van der Waals surface area contributed by atoms with Gasteiger partial charge >= 0.3 is 0 Å². The molecule has 0 bridgehead atoms. The van der Waals surface area contributed by atoms with Crippen molar-refractivity contribution in [3.8, 4) is 0 Å². The quantitative estimate of drug-likeness (QED) is 0.847. The van der Waals surface area contributed by atoms with E-state index < -0.39 is 0 Å². The molecule has 2 aromatic carbocycles. The molecule has 1 amide bonds. The van der Waals surface area contributed by atoms with Crippen molar-refractivity contribution in [1.82, 2.24) is 4.90 Å². The lowest BCUT2D eigenvalue weighted by atomic mass is 10.2. The van der Waals surface area contributed by atoms with Crippen molar-refractivity contribution in [3.05, 3.63) is 48.5 Å². The number of amides is 1. The molecule has 22 heavy (non-hydrogen) atoms. The van der Waals surface area contributed by atoms with E-state index in [0.29, 0.717) is 6.54 Å². The summed E-state index contributed by atoms with van der Waals surface area (Å²) in [5.41, 5.74) is 2.23. The molecule has 1 heterocycles. The highest BCUT2D eigenvalue weighted by Crippen LogP contribution is 2.47. The van der Waals surface area contributed by atoms with Gasteiger partial charge in [-0.2, -0.15) is 0 Å².